The first kappa shape index (κ1) is 21.3. The minimum atomic E-state index is -3.41. The highest BCUT2D eigenvalue weighted by molar-refractivity contribution is 7.89. The summed E-state index contributed by atoms with van der Waals surface area (Å²) in [7, 11) is -3.41. The molecule has 2 aromatic rings. The second kappa shape index (κ2) is 9.41. The molecule has 156 valence electrons. The molecular formula is C22H29N3O3S. The largest absolute Gasteiger partial charge is 0.338 e. The number of hydrogen-bond donors (Lipinski definition) is 2. The Labute approximate surface area is 173 Å². The number of aryl methyl sites for hydroxylation is 2. The standard InChI is InChI=1S/C22H29N3O3S/c1-17-8-9-18(2)21(16-17)24-22(26)23-13-10-19-11-14-25(15-12-19)29(27,28)20-6-4-3-5-7-20/h3-9,16,19H,10-15H2,1-2H3,(H2,23,24,26). The van der Waals surface area contributed by atoms with Gasteiger partial charge in [-0.1, -0.05) is 30.3 Å². The van der Waals surface area contributed by atoms with Gasteiger partial charge in [0, 0.05) is 25.3 Å². The van der Waals surface area contributed by atoms with Crippen LogP contribution >= 0.6 is 0 Å². The van der Waals surface area contributed by atoms with Gasteiger partial charge >= 0.3 is 6.03 Å². The van der Waals surface area contributed by atoms with Crippen LogP contribution in [-0.4, -0.2) is 38.4 Å². The van der Waals surface area contributed by atoms with Crippen molar-refractivity contribution in [2.75, 3.05) is 25.0 Å². The van der Waals surface area contributed by atoms with Crippen molar-refractivity contribution in [3.63, 3.8) is 0 Å². The third-order valence-corrected chi connectivity index (χ3v) is 7.35. The summed E-state index contributed by atoms with van der Waals surface area (Å²) in [6, 6.07) is 14.3. The van der Waals surface area contributed by atoms with Crippen LogP contribution in [0.15, 0.2) is 53.4 Å². The normalized spacial score (nSPS) is 15.8. The molecule has 0 atom stereocenters. The minimum absolute atomic E-state index is 0.206. The third-order valence-electron chi connectivity index (χ3n) is 5.43. The Morgan fingerprint density at radius 3 is 2.45 bits per heavy atom. The van der Waals surface area contributed by atoms with Crippen LogP contribution in [0.5, 0.6) is 0 Å². The van der Waals surface area contributed by atoms with E-state index in [4.69, 9.17) is 0 Å². The summed E-state index contributed by atoms with van der Waals surface area (Å²) in [6.07, 6.45) is 2.47. The molecule has 6 nitrogen and oxygen atoms in total. The Bertz CT molecular complexity index is 937. The first-order chi connectivity index (χ1) is 13.9. The summed E-state index contributed by atoms with van der Waals surface area (Å²) < 4.78 is 26.9. The summed E-state index contributed by atoms with van der Waals surface area (Å²) in [4.78, 5) is 12.5. The summed E-state index contributed by atoms with van der Waals surface area (Å²) in [5.74, 6) is 0.415. The molecule has 2 amide bonds. The van der Waals surface area contributed by atoms with Crippen LogP contribution in [0.2, 0.25) is 0 Å². The van der Waals surface area contributed by atoms with Gasteiger partial charge in [-0.25, -0.2) is 13.2 Å². The zero-order valence-electron chi connectivity index (χ0n) is 17.0. The lowest BCUT2D eigenvalue weighted by atomic mass is 9.95. The van der Waals surface area contributed by atoms with Gasteiger partial charge in [-0.2, -0.15) is 4.31 Å². The van der Waals surface area contributed by atoms with Gasteiger partial charge in [-0.15, -0.1) is 0 Å². The predicted molar refractivity (Wildman–Crippen MR) is 115 cm³/mol. The monoisotopic (exact) mass is 415 g/mol. The molecule has 1 heterocycles. The van der Waals surface area contributed by atoms with Crippen LogP contribution in [0.25, 0.3) is 0 Å². The van der Waals surface area contributed by atoms with Gasteiger partial charge in [0.05, 0.1) is 4.90 Å². The molecule has 2 N–H and O–H groups in total. The van der Waals surface area contributed by atoms with E-state index < -0.39 is 10.0 Å². The fourth-order valence-corrected chi connectivity index (χ4v) is 5.10. The average Bonchev–Trinajstić information content (AvgIpc) is 2.72. The molecule has 0 aromatic heterocycles. The van der Waals surface area contributed by atoms with Crippen LogP contribution < -0.4 is 10.6 Å². The quantitative estimate of drug-likeness (QED) is 0.751. The molecule has 0 radical (unpaired) electrons. The molecule has 29 heavy (non-hydrogen) atoms. The number of carbonyl (C=O) groups is 1. The highest BCUT2D eigenvalue weighted by Gasteiger charge is 2.29. The number of benzene rings is 2. The van der Waals surface area contributed by atoms with E-state index in [9.17, 15) is 13.2 Å². The van der Waals surface area contributed by atoms with Gasteiger partial charge in [0.1, 0.15) is 0 Å². The van der Waals surface area contributed by atoms with Crippen molar-refractivity contribution in [2.24, 2.45) is 5.92 Å². The predicted octanol–water partition coefficient (Wildman–Crippen LogP) is 3.92. The number of anilines is 1. The van der Waals surface area contributed by atoms with Crippen molar-refractivity contribution in [2.45, 2.75) is 38.0 Å². The number of sulfonamides is 1. The van der Waals surface area contributed by atoms with Crippen LogP contribution in [0.4, 0.5) is 10.5 Å². The number of carbonyl (C=O) groups excluding carboxylic acids is 1. The Morgan fingerprint density at radius 1 is 1.07 bits per heavy atom. The van der Waals surface area contributed by atoms with E-state index >= 15 is 0 Å². The molecule has 1 saturated heterocycles. The number of amides is 2. The van der Waals surface area contributed by atoms with Gasteiger partial charge in [-0.05, 0) is 68.4 Å². The Balaban J connectivity index is 1.42. The maximum atomic E-state index is 12.7. The number of rotatable bonds is 6. The van der Waals surface area contributed by atoms with Crippen molar-refractivity contribution in [1.29, 1.82) is 0 Å². The summed E-state index contributed by atoms with van der Waals surface area (Å²) in [5.41, 5.74) is 2.95. The first-order valence-electron chi connectivity index (χ1n) is 10.0. The number of nitrogens with zero attached hydrogens (tertiary/aromatic N) is 1. The van der Waals surface area contributed by atoms with E-state index in [1.54, 1.807) is 28.6 Å². The maximum absolute atomic E-state index is 12.7. The second-order valence-corrected chi connectivity index (χ2v) is 9.59. The molecule has 0 spiro atoms. The number of hydrogen-bond acceptors (Lipinski definition) is 3. The molecule has 0 aliphatic carbocycles. The lowest BCUT2D eigenvalue weighted by Gasteiger charge is -2.31. The molecule has 1 aliphatic rings. The van der Waals surface area contributed by atoms with Crippen molar-refractivity contribution in [1.82, 2.24) is 9.62 Å². The highest BCUT2D eigenvalue weighted by atomic mass is 32.2. The van der Waals surface area contributed by atoms with Gasteiger partial charge in [0.15, 0.2) is 0 Å². The Hall–Kier alpha value is -2.38. The number of piperidine rings is 1. The van der Waals surface area contributed by atoms with E-state index in [1.807, 2.05) is 38.1 Å². The van der Waals surface area contributed by atoms with E-state index in [0.717, 1.165) is 36.1 Å². The lowest BCUT2D eigenvalue weighted by Crippen LogP contribution is -2.39. The van der Waals surface area contributed by atoms with Crippen molar-refractivity contribution in [3.05, 3.63) is 59.7 Å². The molecule has 1 fully saturated rings. The molecule has 1 aliphatic heterocycles. The zero-order valence-corrected chi connectivity index (χ0v) is 17.8. The molecule has 2 aromatic carbocycles. The van der Waals surface area contributed by atoms with Crippen molar-refractivity contribution in [3.8, 4) is 0 Å². The van der Waals surface area contributed by atoms with Crippen LogP contribution in [0.1, 0.15) is 30.4 Å². The van der Waals surface area contributed by atoms with Crippen LogP contribution in [0, 0.1) is 19.8 Å². The summed E-state index contributed by atoms with van der Waals surface area (Å²) in [5, 5.41) is 5.81. The Kier molecular flexibility index (Phi) is 6.92. The average molecular weight is 416 g/mol. The van der Waals surface area contributed by atoms with E-state index in [1.165, 1.54) is 0 Å². The van der Waals surface area contributed by atoms with Crippen LogP contribution in [-0.2, 0) is 10.0 Å². The van der Waals surface area contributed by atoms with Crippen molar-refractivity contribution >= 4 is 21.7 Å². The van der Waals surface area contributed by atoms with Gasteiger partial charge in [0.2, 0.25) is 10.0 Å². The lowest BCUT2D eigenvalue weighted by molar-refractivity contribution is 0.245. The van der Waals surface area contributed by atoms with E-state index in [2.05, 4.69) is 10.6 Å². The molecule has 3 rings (SSSR count). The molecule has 0 unspecified atom stereocenters. The molecule has 0 saturated carbocycles. The van der Waals surface area contributed by atoms with Gasteiger partial charge < -0.3 is 10.6 Å². The summed E-state index contributed by atoms with van der Waals surface area (Å²) in [6.45, 7) is 5.58. The van der Waals surface area contributed by atoms with Crippen molar-refractivity contribution < 1.29 is 13.2 Å². The molecular weight excluding hydrogens is 386 g/mol. The first-order valence-corrected chi connectivity index (χ1v) is 11.5. The molecule has 0 bridgehead atoms. The van der Waals surface area contributed by atoms with E-state index in [-0.39, 0.29) is 6.03 Å². The SMILES string of the molecule is Cc1ccc(C)c(NC(=O)NCCC2CCN(S(=O)(=O)c3ccccc3)CC2)c1. The fourth-order valence-electron chi connectivity index (χ4n) is 3.61. The third kappa shape index (κ3) is 5.58. The van der Waals surface area contributed by atoms with E-state index in [0.29, 0.717) is 30.4 Å². The Morgan fingerprint density at radius 2 is 1.76 bits per heavy atom. The fraction of sp³-hybridized carbons (Fsp3) is 0.409. The highest BCUT2D eigenvalue weighted by Crippen LogP contribution is 2.25. The summed E-state index contributed by atoms with van der Waals surface area (Å²) >= 11 is 0. The van der Waals surface area contributed by atoms with Gasteiger partial charge in [0.25, 0.3) is 0 Å². The zero-order chi connectivity index (χ0) is 20.9. The molecule has 7 heteroatoms. The van der Waals surface area contributed by atoms with Gasteiger partial charge in [-0.3, -0.25) is 0 Å². The number of urea groups is 1. The second-order valence-electron chi connectivity index (χ2n) is 7.65. The minimum Gasteiger partial charge on any atom is -0.338 e. The van der Waals surface area contributed by atoms with Crippen LogP contribution in [0.3, 0.4) is 0 Å². The number of nitrogens with one attached hydrogen (secondary N) is 2. The maximum Gasteiger partial charge on any atom is 0.319 e. The smallest absolute Gasteiger partial charge is 0.319 e. The topological polar surface area (TPSA) is 78.5 Å².